The van der Waals surface area contributed by atoms with Crippen LogP contribution in [-0.2, 0) is 4.79 Å². The van der Waals surface area contributed by atoms with Gasteiger partial charge in [0.15, 0.2) is 0 Å². The summed E-state index contributed by atoms with van der Waals surface area (Å²) in [6, 6.07) is 0. The van der Waals surface area contributed by atoms with Crippen molar-refractivity contribution >= 4 is 5.97 Å². The van der Waals surface area contributed by atoms with Crippen molar-refractivity contribution in [2.24, 2.45) is 11.8 Å². The lowest BCUT2D eigenvalue weighted by Gasteiger charge is -2.28. The maximum atomic E-state index is 10.6. The Morgan fingerprint density at radius 2 is 2.50 bits per heavy atom. The van der Waals surface area contributed by atoms with Gasteiger partial charge in [-0.15, -0.1) is 0 Å². The highest BCUT2D eigenvalue weighted by molar-refractivity contribution is 5.68. The molecule has 0 aromatic carbocycles. The summed E-state index contributed by atoms with van der Waals surface area (Å²) < 4.78 is 0. The van der Waals surface area contributed by atoms with E-state index in [1.807, 2.05) is 7.05 Å². The molecular formula is C9H15NO2. The number of carbonyl (C=O) groups is 1. The summed E-state index contributed by atoms with van der Waals surface area (Å²) in [4.78, 5) is 10.6. The summed E-state index contributed by atoms with van der Waals surface area (Å²) >= 11 is 0. The monoisotopic (exact) mass is 169 g/mol. The third-order valence-corrected chi connectivity index (χ3v) is 3.56. The lowest BCUT2D eigenvalue weighted by atomic mass is 9.89. The lowest BCUT2D eigenvalue weighted by molar-refractivity contribution is -0.138. The lowest BCUT2D eigenvalue weighted by Crippen LogP contribution is -2.45. The van der Waals surface area contributed by atoms with Gasteiger partial charge in [-0.1, -0.05) is 0 Å². The second kappa shape index (κ2) is 2.46. The van der Waals surface area contributed by atoms with E-state index in [9.17, 15) is 4.79 Å². The van der Waals surface area contributed by atoms with Gasteiger partial charge in [-0.2, -0.15) is 0 Å². The van der Waals surface area contributed by atoms with Crippen molar-refractivity contribution in [2.45, 2.75) is 31.2 Å². The van der Waals surface area contributed by atoms with Gasteiger partial charge in [-0.25, -0.2) is 0 Å². The fourth-order valence-corrected chi connectivity index (χ4v) is 2.76. The Kier molecular flexibility index (Phi) is 1.65. The molecule has 3 unspecified atom stereocenters. The van der Waals surface area contributed by atoms with Crippen LogP contribution in [0.25, 0.3) is 0 Å². The number of hydrogen-bond acceptors (Lipinski definition) is 2. The number of rotatable bonds is 3. The van der Waals surface area contributed by atoms with Crippen molar-refractivity contribution in [1.82, 2.24) is 5.32 Å². The minimum atomic E-state index is -0.670. The predicted octanol–water partition coefficient (Wildman–Crippen LogP) is 0.849. The molecule has 0 bridgehead atoms. The highest BCUT2D eigenvalue weighted by atomic mass is 16.4. The number of carboxylic acids is 1. The van der Waals surface area contributed by atoms with Crippen LogP contribution >= 0.6 is 0 Å². The smallest absolute Gasteiger partial charge is 0.305 e. The van der Waals surface area contributed by atoms with Crippen molar-refractivity contribution in [3.63, 3.8) is 0 Å². The molecule has 2 N–H and O–H groups in total. The second-order valence-corrected chi connectivity index (χ2v) is 4.12. The zero-order valence-corrected chi connectivity index (χ0v) is 7.34. The number of carboxylic acid groups (broad SMARTS) is 1. The van der Waals surface area contributed by atoms with E-state index in [1.54, 1.807) is 0 Å². The average molecular weight is 169 g/mol. The fourth-order valence-electron chi connectivity index (χ4n) is 2.76. The molecule has 2 aliphatic carbocycles. The van der Waals surface area contributed by atoms with Crippen molar-refractivity contribution in [2.75, 3.05) is 7.05 Å². The van der Waals surface area contributed by atoms with Gasteiger partial charge in [0.2, 0.25) is 0 Å². The first-order valence-electron chi connectivity index (χ1n) is 4.59. The first kappa shape index (κ1) is 8.05. The highest BCUT2D eigenvalue weighted by Crippen LogP contribution is 2.58. The summed E-state index contributed by atoms with van der Waals surface area (Å²) in [5.74, 6) is 0.812. The molecule has 0 spiro atoms. The average Bonchev–Trinajstić information content (AvgIpc) is 2.72. The molecule has 0 heterocycles. The Bertz CT molecular complexity index is 217. The van der Waals surface area contributed by atoms with Crippen molar-refractivity contribution < 1.29 is 9.90 Å². The molecule has 2 rings (SSSR count). The Balaban J connectivity index is 2.08. The predicted molar refractivity (Wildman–Crippen MR) is 44.9 cm³/mol. The van der Waals surface area contributed by atoms with Crippen LogP contribution in [0.4, 0.5) is 0 Å². The number of hydrogen-bond donors (Lipinski definition) is 2. The summed E-state index contributed by atoms with van der Waals surface area (Å²) in [5.41, 5.74) is -0.0590. The topological polar surface area (TPSA) is 49.3 Å². The second-order valence-electron chi connectivity index (χ2n) is 4.12. The fraction of sp³-hybridized carbons (Fsp3) is 0.889. The molecule has 68 valence electrons. The molecule has 0 aromatic heterocycles. The largest absolute Gasteiger partial charge is 0.481 e. The molecule has 0 amide bonds. The standard InChI is InChI=1S/C9H15NO2/c1-10-9(5-8(11)12)3-2-6-4-7(6)9/h6-7,10H,2-5H2,1H3,(H,11,12). The molecule has 0 radical (unpaired) electrons. The Morgan fingerprint density at radius 1 is 1.75 bits per heavy atom. The minimum absolute atomic E-state index is 0.0590. The van der Waals surface area contributed by atoms with Gasteiger partial charge in [0.25, 0.3) is 0 Å². The molecular weight excluding hydrogens is 154 g/mol. The van der Waals surface area contributed by atoms with Crippen molar-refractivity contribution in [3.05, 3.63) is 0 Å². The third kappa shape index (κ3) is 1.04. The van der Waals surface area contributed by atoms with E-state index in [0.29, 0.717) is 12.3 Å². The zero-order chi connectivity index (χ0) is 8.77. The van der Waals surface area contributed by atoms with Crippen molar-refractivity contribution in [1.29, 1.82) is 0 Å². The Hall–Kier alpha value is -0.570. The van der Waals surface area contributed by atoms with E-state index in [0.717, 1.165) is 12.3 Å². The molecule has 3 atom stereocenters. The van der Waals surface area contributed by atoms with Crippen LogP contribution < -0.4 is 5.32 Å². The van der Waals surface area contributed by atoms with Gasteiger partial charge in [-0.3, -0.25) is 4.79 Å². The van der Waals surface area contributed by atoms with Gasteiger partial charge >= 0.3 is 5.97 Å². The van der Waals surface area contributed by atoms with Gasteiger partial charge in [0, 0.05) is 5.54 Å². The molecule has 12 heavy (non-hydrogen) atoms. The summed E-state index contributed by atoms with van der Waals surface area (Å²) in [5, 5.41) is 12.0. The third-order valence-electron chi connectivity index (χ3n) is 3.56. The van der Waals surface area contributed by atoms with Crippen molar-refractivity contribution in [3.8, 4) is 0 Å². The molecule has 3 nitrogen and oxygen atoms in total. The SMILES string of the molecule is CNC1(CC(=O)O)CCC2CC21. The first-order valence-corrected chi connectivity index (χ1v) is 4.59. The number of nitrogens with one attached hydrogen (secondary N) is 1. The van der Waals surface area contributed by atoms with Crippen LogP contribution in [0.5, 0.6) is 0 Å². The summed E-state index contributed by atoms with van der Waals surface area (Å²) in [6.07, 6.45) is 3.81. The molecule has 0 saturated heterocycles. The Labute approximate surface area is 72.2 Å². The number of aliphatic carboxylic acids is 1. The summed E-state index contributed by atoms with van der Waals surface area (Å²) in [6.45, 7) is 0. The first-order chi connectivity index (χ1) is 5.68. The zero-order valence-electron chi connectivity index (χ0n) is 7.34. The van der Waals surface area contributed by atoms with Crippen LogP contribution in [-0.4, -0.2) is 23.7 Å². The van der Waals surface area contributed by atoms with E-state index in [2.05, 4.69) is 5.32 Å². The van der Waals surface area contributed by atoms with Crippen LogP contribution in [0, 0.1) is 11.8 Å². The molecule has 2 aliphatic rings. The quantitative estimate of drug-likeness (QED) is 0.658. The Morgan fingerprint density at radius 3 is 2.83 bits per heavy atom. The highest BCUT2D eigenvalue weighted by Gasteiger charge is 2.57. The van der Waals surface area contributed by atoms with E-state index >= 15 is 0 Å². The maximum absolute atomic E-state index is 10.6. The van der Waals surface area contributed by atoms with E-state index in [4.69, 9.17) is 5.11 Å². The van der Waals surface area contributed by atoms with Gasteiger partial charge < -0.3 is 10.4 Å². The van der Waals surface area contributed by atoms with E-state index in [1.165, 1.54) is 12.8 Å². The van der Waals surface area contributed by atoms with Crippen LogP contribution in [0.1, 0.15) is 25.7 Å². The van der Waals surface area contributed by atoms with Crippen LogP contribution in [0.2, 0.25) is 0 Å². The molecule has 0 aromatic rings. The van der Waals surface area contributed by atoms with E-state index in [-0.39, 0.29) is 5.54 Å². The molecule has 0 aliphatic heterocycles. The van der Waals surface area contributed by atoms with Gasteiger partial charge in [0.05, 0.1) is 6.42 Å². The molecule has 2 fully saturated rings. The van der Waals surface area contributed by atoms with Crippen LogP contribution in [0.3, 0.4) is 0 Å². The van der Waals surface area contributed by atoms with E-state index < -0.39 is 5.97 Å². The van der Waals surface area contributed by atoms with Crippen LogP contribution in [0.15, 0.2) is 0 Å². The van der Waals surface area contributed by atoms with Gasteiger partial charge in [-0.05, 0) is 38.1 Å². The molecule has 3 heteroatoms. The number of fused-ring (bicyclic) bond motifs is 1. The minimum Gasteiger partial charge on any atom is -0.481 e. The van der Waals surface area contributed by atoms with Gasteiger partial charge in [0.1, 0.15) is 0 Å². The normalized spacial score (nSPS) is 44.1. The summed E-state index contributed by atoms with van der Waals surface area (Å²) in [7, 11) is 1.89. The maximum Gasteiger partial charge on any atom is 0.305 e. The molecule has 2 saturated carbocycles.